The molecule has 106 valence electrons. The van der Waals surface area contributed by atoms with Gasteiger partial charge in [0.15, 0.2) is 0 Å². The number of nitrogens with two attached hydrogens (primary N) is 1. The molecule has 1 aromatic carbocycles. The third-order valence-corrected chi connectivity index (χ3v) is 3.95. The van der Waals surface area contributed by atoms with Gasteiger partial charge in [-0.1, -0.05) is 37.3 Å². The highest BCUT2D eigenvalue weighted by atomic mass is 32.2. The van der Waals surface area contributed by atoms with Crippen LogP contribution in [0.2, 0.25) is 0 Å². The van der Waals surface area contributed by atoms with E-state index in [1.54, 1.807) is 31.2 Å². The molecule has 0 aromatic heterocycles. The molecule has 4 N–H and O–H groups in total. The van der Waals surface area contributed by atoms with Crippen LogP contribution >= 0.6 is 0 Å². The fourth-order valence-electron chi connectivity index (χ4n) is 1.52. The van der Waals surface area contributed by atoms with Crippen LogP contribution in [0.3, 0.4) is 0 Å². The first kappa shape index (κ1) is 15.6. The molecule has 1 atom stereocenters. The number of benzene rings is 1. The van der Waals surface area contributed by atoms with Gasteiger partial charge in [-0.25, -0.2) is 13.1 Å². The molecule has 0 saturated heterocycles. The maximum Gasteiger partial charge on any atom is 0.241 e. The van der Waals surface area contributed by atoms with Crippen LogP contribution in [0.25, 0.3) is 0 Å². The summed E-state index contributed by atoms with van der Waals surface area (Å²) in [7, 11) is -3.32. The Morgan fingerprint density at radius 3 is 2.53 bits per heavy atom. The summed E-state index contributed by atoms with van der Waals surface area (Å²) >= 11 is 0. The molecule has 7 heteroatoms. The van der Waals surface area contributed by atoms with E-state index < -0.39 is 22.0 Å². The molecule has 0 bridgehead atoms. The number of sulfonamides is 1. The molecule has 0 heterocycles. The number of nitrogens with one attached hydrogen (secondary N) is 2. The van der Waals surface area contributed by atoms with E-state index in [0.717, 1.165) is 0 Å². The minimum absolute atomic E-state index is 0.0364. The third kappa shape index (κ3) is 5.37. The van der Waals surface area contributed by atoms with E-state index in [1.165, 1.54) is 0 Å². The van der Waals surface area contributed by atoms with Crippen LogP contribution in [-0.4, -0.2) is 33.2 Å². The molecule has 1 amide bonds. The average Bonchev–Trinajstić information content (AvgIpc) is 2.38. The summed E-state index contributed by atoms with van der Waals surface area (Å²) in [5.74, 6) is -0.549. The summed E-state index contributed by atoms with van der Waals surface area (Å²) < 4.78 is 25.1. The van der Waals surface area contributed by atoms with Gasteiger partial charge in [-0.15, -0.1) is 0 Å². The Bertz CT molecular complexity index is 502. The molecule has 1 aromatic rings. The lowest BCUT2D eigenvalue weighted by atomic mass is 10.1. The SMILES string of the molecule is CCNS(=O)(=O)CCNC(=O)[C@H](N)c1ccccc1. The molecule has 0 fully saturated rings. The van der Waals surface area contributed by atoms with Crippen molar-refractivity contribution in [3.8, 4) is 0 Å². The van der Waals surface area contributed by atoms with Gasteiger partial charge in [0.25, 0.3) is 0 Å². The number of hydrogen-bond donors (Lipinski definition) is 3. The molecule has 0 unspecified atom stereocenters. The fourth-order valence-corrected chi connectivity index (χ4v) is 2.48. The third-order valence-electron chi connectivity index (χ3n) is 2.48. The van der Waals surface area contributed by atoms with E-state index in [4.69, 9.17) is 5.73 Å². The second kappa shape index (κ2) is 7.22. The van der Waals surface area contributed by atoms with Crippen molar-refractivity contribution in [2.45, 2.75) is 13.0 Å². The number of carbonyl (C=O) groups excluding carboxylic acids is 1. The summed E-state index contributed by atoms with van der Waals surface area (Å²) in [4.78, 5) is 11.7. The normalized spacial score (nSPS) is 12.9. The zero-order valence-corrected chi connectivity index (χ0v) is 11.6. The summed E-state index contributed by atoms with van der Waals surface area (Å²) in [6, 6.07) is 8.12. The molecule has 0 aliphatic carbocycles. The van der Waals surface area contributed by atoms with Crippen LogP contribution < -0.4 is 15.8 Å². The molecule has 0 spiro atoms. The van der Waals surface area contributed by atoms with Gasteiger partial charge in [0.05, 0.1) is 5.75 Å². The van der Waals surface area contributed by atoms with Gasteiger partial charge < -0.3 is 11.1 Å². The molecular formula is C12H19N3O3S. The Hall–Kier alpha value is -1.44. The summed E-state index contributed by atoms with van der Waals surface area (Å²) in [6.07, 6.45) is 0. The highest BCUT2D eigenvalue weighted by Crippen LogP contribution is 2.08. The largest absolute Gasteiger partial charge is 0.353 e. The number of amides is 1. The van der Waals surface area contributed by atoms with E-state index >= 15 is 0 Å². The summed E-state index contributed by atoms with van der Waals surface area (Å²) in [5.41, 5.74) is 6.46. The van der Waals surface area contributed by atoms with Crippen molar-refractivity contribution in [3.05, 3.63) is 35.9 Å². The molecular weight excluding hydrogens is 266 g/mol. The van der Waals surface area contributed by atoms with Crippen LogP contribution in [0, 0.1) is 0 Å². The van der Waals surface area contributed by atoms with Crippen molar-refractivity contribution < 1.29 is 13.2 Å². The first-order chi connectivity index (χ1) is 8.96. The zero-order valence-electron chi connectivity index (χ0n) is 10.8. The predicted octanol–water partition coefficient (Wildman–Crippen LogP) is -0.258. The molecule has 0 aliphatic heterocycles. The van der Waals surface area contributed by atoms with E-state index in [-0.39, 0.29) is 12.3 Å². The van der Waals surface area contributed by atoms with Gasteiger partial charge in [-0.2, -0.15) is 0 Å². The first-order valence-electron chi connectivity index (χ1n) is 6.02. The molecule has 0 saturated carbocycles. The smallest absolute Gasteiger partial charge is 0.241 e. The van der Waals surface area contributed by atoms with Crippen LogP contribution in [0.1, 0.15) is 18.5 Å². The van der Waals surface area contributed by atoms with Crippen LogP contribution in [-0.2, 0) is 14.8 Å². The Balaban J connectivity index is 2.44. The lowest BCUT2D eigenvalue weighted by molar-refractivity contribution is -0.122. The van der Waals surface area contributed by atoms with Crippen molar-refractivity contribution in [1.82, 2.24) is 10.0 Å². The number of rotatable bonds is 7. The van der Waals surface area contributed by atoms with Crippen molar-refractivity contribution in [3.63, 3.8) is 0 Å². The van der Waals surface area contributed by atoms with Crippen molar-refractivity contribution >= 4 is 15.9 Å². The van der Waals surface area contributed by atoms with Crippen molar-refractivity contribution in [2.75, 3.05) is 18.8 Å². The quantitative estimate of drug-likeness (QED) is 0.642. The second-order valence-electron chi connectivity index (χ2n) is 4.00. The van der Waals surface area contributed by atoms with Gasteiger partial charge in [0.2, 0.25) is 15.9 Å². The minimum Gasteiger partial charge on any atom is -0.353 e. The highest BCUT2D eigenvalue weighted by molar-refractivity contribution is 7.89. The average molecular weight is 285 g/mol. The summed E-state index contributed by atoms with van der Waals surface area (Å²) in [6.45, 7) is 2.07. The Labute approximate surface area is 113 Å². The van der Waals surface area contributed by atoms with E-state index in [2.05, 4.69) is 10.0 Å². The van der Waals surface area contributed by atoms with E-state index in [0.29, 0.717) is 12.1 Å². The molecule has 0 aliphatic rings. The van der Waals surface area contributed by atoms with E-state index in [9.17, 15) is 13.2 Å². The molecule has 6 nitrogen and oxygen atoms in total. The van der Waals surface area contributed by atoms with Gasteiger partial charge >= 0.3 is 0 Å². The second-order valence-corrected chi connectivity index (χ2v) is 5.92. The Morgan fingerprint density at radius 1 is 1.32 bits per heavy atom. The van der Waals surface area contributed by atoms with Crippen molar-refractivity contribution in [1.29, 1.82) is 0 Å². The lowest BCUT2D eigenvalue weighted by Crippen LogP contribution is -2.38. The number of hydrogen-bond acceptors (Lipinski definition) is 4. The monoisotopic (exact) mass is 285 g/mol. The van der Waals surface area contributed by atoms with Gasteiger partial charge in [0, 0.05) is 13.1 Å². The van der Waals surface area contributed by atoms with Crippen LogP contribution in [0.5, 0.6) is 0 Å². The number of carbonyl (C=O) groups is 1. The Kier molecular flexibility index (Phi) is 5.94. The maximum atomic E-state index is 11.7. The van der Waals surface area contributed by atoms with Crippen LogP contribution in [0.15, 0.2) is 30.3 Å². The standard InChI is InChI=1S/C12H19N3O3S/c1-2-15-19(17,18)9-8-14-12(16)11(13)10-6-4-3-5-7-10/h3-7,11,15H,2,8-9,13H2,1H3,(H,14,16)/t11-/m1/s1. The fraction of sp³-hybridized carbons (Fsp3) is 0.417. The minimum atomic E-state index is -3.32. The van der Waals surface area contributed by atoms with Gasteiger partial charge in [0.1, 0.15) is 6.04 Å². The van der Waals surface area contributed by atoms with Crippen molar-refractivity contribution in [2.24, 2.45) is 5.73 Å². The molecule has 1 rings (SSSR count). The molecule has 0 radical (unpaired) electrons. The van der Waals surface area contributed by atoms with E-state index in [1.807, 2.05) is 6.07 Å². The topological polar surface area (TPSA) is 101 Å². The predicted molar refractivity (Wildman–Crippen MR) is 73.8 cm³/mol. The molecule has 19 heavy (non-hydrogen) atoms. The highest BCUT2D eigenvalue weighted by Gasteiger charge is 2.16. The lowest BCUT2D eigenvalue weighted by Gasteiger charge is -2.12. The van der Waals surface area contributed by atoms with Gasteiger partial charge in [-0.05, 0) is 5.56 Å². The maximum absolute atomic E-state index is 11.7. The van der Waals surface area contributed by atoms with Gasteiger partial charge in [-0.3, -0.25) is 4.79 Å². The summed E-state index contributed by atoms with van der Waals surface area (Å²) in [5, 5.41) is 2.51. The Morgan fingerprint density at radius 2 is 1.95 bits per heavy atom. The zero-order chi connectivity index (χ0) is 14.3. The van der Waals surface area contributed by atoms with Crippen LogP contribution in [0.4, 0.5) is 0 Å². The first-order valence-corrected chi connectivity index (χ1v) is 7.67.